The van der Waals surface area contributed by atoms with E-state index in [9.17, 15) is 0 Å². The molecule has 0 spiro atoms. The average molecular weight is 153 g/mol. The molecule has 1 saturated heterocycles. The number of hydrogen-bond acceptors (Lipinski definition) is 1. The lowest BCUT2D eigenvalue weighted by Gasteiger charge is -2.31. The number of fused-ring (bicyclic) bond motifs is 2. The predicted octanol–water partition coefficient (Wildman–Crippen LogP) is 2.13. The minimum Gasteiger partial charge on any atom is -0.303 e. The van der Waals surface area contributed by atoms with Crippen molar-refractivity contribution in [2.24, 2.45) is 11.8 Å². The third-order valence-corrected chi connectivity index (χ3v) is 3.22. The molecule has 2 rings (SSSR count). The molecule has 0 aromatic heterocycles. The molecule has 2 atom stereocenters. The summed E-state index contributed by atoms with van der Waals surface area (Å²) < 4.78 is 0. The van der Waals surface area contributed by atoms with Crippen molar-refractivity contribution in [3.05, 3.63) is 0 Å². The molecule has 1 aliphatic heterocycles. The summed E-state index contributed by atoms with van der Waals surface area (Å²) in [4.78, 5) is 2.67. The van der Waals surface area contributed by atoms with Crippen LogP contribution in [0.5, 0.6) is 0 Å². The van der Waals surface area contributed by atoms with Gasteiger partial charge in [-0.1, -0.05) is 6.92 Å². The first kappa shape index (κ1) is 7.60. The quantitative estimate of drug-likeness (QED) is 0.587. The molecule has 2 fully saturated rings. The van der Waals surface area contributed by atoms with Crippen LogP contribution in [-0.4, -0.2) is 24.5 Å². The molecule has 11 heavy (non-hydrogen) atoms. The second-order valence-corrected chi connectivity index (χ2v) is 4.30. The maximum Gasteiger partial charge on any atom is 0.000988 e. The summed E-state index contributed by atoms with van der Waals surface area (Å²) >= 11 is 0. The summed E-state index contributed by atoms with van der Waals surface area (Å²) in [5.74, 6) is 2.14. The highest BCUT2D eigenvalue weighted by molar-refractivity contribution is 4.85. The van der Waals surface area contributed by atoms with E-state index in [4.69, 9.17) is 0 Å². The maximum atomic E-state index is 2.67. The van der Waals surface area contributed by atoms with E-state index in [1.165, 1.54) is 38.9 Å². The first-order valence-corrected chi connectivity index (χ1v) is 5.11. The van der Waals surface area contributed by atoms with E-state index < -0.39 is 0 Å². The topological polar surface area (TPSA) is 3.24 Å². The summed E-state index contributed by atoms with van der Waals surface area (Å²) in [6.07, 6.45) is 5.91. The second-order valence-electron chi connectivity index (χ2n) is 4.30. The third-order valence-electron chi connectivity index (χ3n) is 3.22. The number of rotatable bonds is 2. The highest BCUT2D eigenvalue weighted by Crippen LogP contribution is 2.36. The summed E-state index contributed by atoms with van der Waals surface area (Å²) in [7, 11) is 0. The van der Waals surface area contributed by atoms with Gasteiger partial charge >= 0.3 is 0 Å². The van der Waals surface area contributed by atoms with Crippen molar-refractivity contribution in [2.75, 3.05) is 19.6 Å². The van der Waals surface area contributed by atoms with E-state index in [0.29, 0.717) is 0 Å². The maximum absolute atomic E-state index is 2.67. The van der Waals surface area contributed by atoms with Gasteiger partial charge in [-0.25, -0.2) is 0 Å². The fourth-order valence-electron chi connectivity index (χ4n) is 2.81. The Morgan fingerprint density at radius 1 is 1.18 bits per heavy atom. The zero-order valence-corrected chi connectivity index (χ0v) is 7.55. The molecule has 64 valence electrons. The van der Waals surface area contributed by atoms with Crippen molar-refractivity contribution in [2.45, 2.75) is 32.6 Å². The molecular formula is C10H19N. The predicted molar refractivity (Wildman–Crippen MR) is 47.6 cm³/mol. The molecule has 1 heterocycles. The molecule has 2 bridgehead atoms. The Labute approximate surface area is 69.8 Å². The fraction of sp³-hybridized carbons (Fsp3) is 1.00. The van der Waals surface area contributed by atoms with Crippen molar-refractivity contribution in [1.29, 1.82) is 0 Å². The third kappa shape index (κ3) is 1.58. The van der Waals surface area contributed by atoms with Crippen molar-refractivity contribution in [3.63, 3.8) is 0 Å². The van der Waals surface area contributed by atoms with Gasteiger partial charge in [-0.2, -0.15) is 0 Å². The molecular weight excluding hydrogens is 134 g/mol. The summed E-state index contributed by atoms with van der Waals surface area (Å²) in [5.41, 5.74) is 0. The van der Waals surface area contributed by atoms with Gasteiger partial charge < -0.3 is 4.90 Å². The molecule has 1 saturated carbocycles. The molecule has 0 N–H and O–H groups in total. The lowest BCUT2D eigenvalue weighted by atomic mass is 9.99. The van der Waals surface area contributed by atoms with Crippen LogP contribution in [0.25, 0.3) is 0 Å². The largest absolute Gasteiger partial charge is 0.303 e. The van der Waals surface area contributed by atoms with Gasteiger partial charge in [0, 0.05) is 13.1 Å². The van der Waals surface area contributed by atoms with E-state index in [-0.39, 0.29) is 0 Å². The zero-order valence-electron chi connectivity index (χ0n) is 7.55. The smallest absolute Gasteiger partial charge is 0.000988 e. The van der Waals surface area contributed by atoms with E-state index >= 15 is 0 Å². The molecule has 1 nitrogen and oxygen atoms in total. The lowest BCUT2D eigenvalue weighted by Crippen LogP contribution is -2.36. The summed E-state index contributed by atoms with van der Waals surface area (Å²) in [6.45, 7) is 6.44. The molecule has 2 aliphatic rings. The van der Waals surface area contributed by atoms with Crippen LogP contribution in [0.1, 0.15) is 32.6 Å². The van der Waals surface area contributed by atoms with Crippen LogP contribution in [0.3, 0.4) is 0 Å². The van der Waals surface area contributed by atoms with Crippen LogP contribution in [0, 0.1) is 11.8 Å². The van der Waals surface area contributed by atoms with Gasteiger partial charge in [-0.3, -0.25) is 0 Å². The molecule has 0 radical (unpaired) electrons. The lowest BCUT2D eigenvalue weighted by molar-refractivity contribution is 0.168. The first-order chi connectivity index (χ1) is 5.38. The van der Waals surface area contributed by atoms with Crippen LogP contribution in [-0.2, 0) is 0 Å². The van der Waals surface area contributed by atoms with Crippen molar-refractivity contribution < 1.29 is 0 Å². The molecule has 1 aliphatic carbocycles. The van der Waals surface area contributed by atoms with Gasteiger partial charge in [0.1, 0.15) is 0 Å². The number of likely N-dealkylation sites (tertiary alicyclic amines) is 1. The standard InChI is InChI=1S/C10H19N/c1-2-5-11-7-9-3-4-10(6-9)8-11/h9-10H,2-8H2,1H3. The van der Waals surface area contributed by atoms with E-state index in [1.807, 2.05) is 0 Å². The normalized spacial score (nSPS) is 37.9. The van der Waals surface area contributed by atoms with Gasteiger partial charge in [0.2, 0.25) is 0 Å². The Bertz CT molecular complexity index is 121. The van der Waals surface area contributed by atoms with Crippen LogP contribution in [0.2, 0.25) is 0 Å². The van der Waals surface area contributed by atoms with Crippen molar-refractivity contribution in [3.8, 4) is 0 Å². The molecule has 0 aromatic rings. The van der Waals surface area contributed by atoms with E-state index in [0.717, 1.165) is 11.8 Å². The van der Waals surface area contributed by atoms with Gasteiger partial charge in [-0.05, 0) is 44.1 Å². The highest BCUT2D eigenvalue weighted by Gasteiger charge is 2.31. The van der Waals surface area contributed by atoms with Gasteiger partial charge in [0.15, 0.2) is 0 Å². The number of hydrogen-bond donors (Lipinski definition) is 0. The first-order valence-electron chi connectivity index (χ1n) is 5.11. The van der Waals surface area contributed by atoms with Gasteiger partial charge in [-0.15, -0.1) is 0 Å². The average Bonchev–Trinajstić information content (AvgIpc) is 2.32. The van der Waals surface area contributed by atoms with Crippen LogP contribution < -0.4 is 0 Å². The SMILES string of the molecule is CCCN1CC2CCC(C2)C1. The Morgan fingerprint density at radius 2 is 1.82 bits per heavy atom. The van der Waals surface area contributed by atoms with Crippen molar-refractivity contribution >= 4 is 0 Å². The van der Waals surface area contributed by atoms with Crippen LogP contribution in [0.15, 0.2) is 0 Å². The Kier molecular flexibility index (Phi) is 2.17. The molecule has 2 unspecified atom stereocenters. The second kappa shape index (κ2) is 3.14. The van der Waals surface area contributed by atoms with Crippen LogP contribution >= 0.6 is 0 Å². The monoisotopic (exact) mass is 153 g/mol. The van der Waals surface area contributed by atoms with Gasteiger partial charge in [0.25, 0.3) is 0 Å². The highest BCUT2D eigenvalue weighted by atomic mass is 15.1. The minimum atomic E-state index is 1.07. The Morgan fingerprint density at radius 3 is 2.36 bits per heavy atom. The number of nitrogens with zero attached hydrogens (tertiary/aromatic N) is 1. The van der Waals surface area contributed by atoms with Crippen molar-refractivity contribution in [1.82, 2.24) is 4.90 Å². The summed E-state index contributed by atoms with van der Waals surface area (Å²) in [6, 6.07) is 0. The summed E-state index contributed by atoms with van der Waals surface area (Å²) in [5, 5.41) is 0. The molecule has 0 amide bonds. The number of piperidine rings is 1. The molecule has 0 aromatic carbocycles. The van der Waals surface area contributed by atoms with Gasteiger partial charge in [0.05, 0.1) is 0 Å². The van der Waals surface area contributed by atoms with Crippen LogP contribution in [0.4, 0.5) is 0 Å². The van der Waals surface area contributed by atoms with E-state index in [1.54, 1.807) is 6.42 Å². The Balaban J connectivity index is 1.87. The Hall–Kier alpha value is -0.0400. The zero-order chi connectivity index (χ0) is 7.68. The molecule has 1 heteroatoms. The van der Waals surface area contributed by atoms with E-state index in [2.05, 4.69) is 11.8 Å². The minimum absolute atomic E-state index is 1.07. The fourth-order valence-corrected chi connectivity index (χ4v) is 2.81.